The molecule has 2 aromatic rings. The van der Waals surface area contributed by atoms with Crippen molar-refractivity contribution in [3.63, 3.8) is 0 Å². The van der Waals surface area contributed by atoms with Gasteiger partial charge in [-0.2, -0.15) is 0 Å². The van der Waals surface area contributed by atoms with Crippen molar-refractivity contribution in [1.29, 1.82) is 0 Å². The van der Waals surface area contributed by atoms with E-state index in [1.807, 2.05) is 18.2 Å². The van der Waals surface area contributed by atoms with E-state index in [0.717, 1.165) is 11.1 Å². The summed E-state index contributed by atoms with van der Waals surface area (Å²) in [6.07, 6.45) is 0. The average molecular weight is 343 g/mol. The van der Waals surface area contributed by atoms with E-state index >= 15 is 0 Å². The van der Waals surface area contributed by atoms with Crippen LogP contribution in [-0.2, 0) is 10.2 Å². The van der Waals surface area contributed by atoms with Gasteiger partial charge in [0.15, 0.2) is 0 Å². The van der Waals surface area contributed by atoms with Gasteiger partial charge in [0.05, 0.1) is 5.25 Å². The van der Waals surface area contributed by atoms with Gasteiger partial charge in [0.2, 0.25) is 0 Å². The van der Waals surface area contributed by atoms with Crippen molar-refractivity contribution >= 4 is 17.7 Å². The first-order chi connectivity index (χ1) is 11.3. The maximum atomic E-state index is 11.0. The quantitative estimate of drug-likeness (QED) is 0.824. The molecule has 3 N–H and O–H groups in total. The number of rotatable bonds is 6. The summed E-state index contributed by atoms with van der Waals surface area (Å²) in [5.74, 6) is -0.590. The van der Waals surface area contributed by atoms with Crippen molar-refractivity contribution < 1.29 is 9.90 Å². The summed E-state index contributed by atoms with van der Waals surface area (Å²) in [6.45, 7) is 6.58. The number of hydrogen-bond donors (Lipinski definition) is 2. The van der Waals surface area contributed by atoms with Gasteiger partial charge in [-0.3, -0.25) is 4.79 Å². The van der Waals surface area contributed by atoms with Gasteiger partial charge in [-0.1, -0.05) is 75.4 Å². The molecule has 0 heterocycles. The molecule has 0 spiro atoms. The molecule has 0 amide bonds. The Labute approximate surface area is 148 Å². The van der Waals surface area contributed by atoms with Crippen molar-refractivity contribution in [2.75, 3.05) is 5.75 Å². The summed E-state index contributed by atoms with van der Waals surface area (Å²) >= 11 is 1.57. The first-order valence-electron chi connectivity index (χ1n) is 8.04. The second kappa shape index (κ2) is 7.86. The van der Waals surface area contributed by atoms with E-state index in [4.69, 9.17) is 10.8 Å². The molecule has 0 radical (unpaired) electrons. The Morgan fingerprint density at radius 1 is 1.04 bits per heavy atom. The smallest absolute Gasteiger partial charge is 0.321 e. The van der Waals surface area contributed by atoms with Crippen molar-refractivity contribution in [3.05, 3.63) is 71.3 Å². The average Bonchev–Trinajstić information content (AvgIpc) is 2.55. The lowest BCUT2D eigenvalue weighted by molar-refractivity contribution is -0.137. The second-order valence-electron chi connectivity index (χ2n) is 6.94. The van der Waals surface area contributed by atoms with Gasteiger partial charge in [-0.15, -0.1) is 11.8 Å². The molecule has 128 valence electrons. The van der Waals surface area contributed by atoms with Crippen LogP contribution in [0.4, 0.5) is 0 Å². The summed E-state index contributed by atoms with van der Waals surface area (Å²) in [4.78, 5) is 11.0. The lowest BCUT2D eigenvalue weighted by Gasteiger charge is -2.22. The molecule has 2 unspecified atom stereocenters. The summed E-state index contributed by atoms with van der Waals surface area (Å²) in [6, 6.07) is 17.9. The topological polar surface area (TPSA) is 63.3 Å². The molecule has 24 heavy (non-hydrogen) atoms. The highest BCUT2D eigenvalue weighted by atomic mass is 32.2. The standard InChI is InChI=1S/C20H25NO2S/c1-20(2,3)16-11-9-15(10-12-16)18(14-7-5-4-6-8-14)24-13-17(21)19(22)23/h4-12,17-18H,13,21H2,1-3H3,(H,22,23). The van der Waals surface area contributed by atoms with Crippen LogP contribution in [0.15, 0.2) is 54.6 Å². The van der Waals surface area contributed by atoms with Crippen LogP contribution in [0.25, 0.3) is 0 Å². The van der Waals surface area contributed by atoms with Crippen LogP contribution in [-0.4, -0.2) is 22.9 Å². The van der Waals surface area contributed by atoms with E-state index in [2.05, 4.69) is 57.2 Å². The largest absolute Gasteiger partial charge is 0.480 e. The zero-order chi connectivity index (χ0) is 17.7. The lowest BCUT2D eigenvalue weighted by Crippen LogP contribution is -2.32. The molecule has 0 fully saturated rings. The summed E-state index contributed by atoms with van der Waals surface area (Å²) in [5, 5.41) is 9.10. The Kier molecular flexibility index (Phi) is 6.08. The van der Waals surface area contributed by atoms with E-state index in [1.165, 1.54) is 5.56 Å². The molecule has 3 nitrogen and oxygen atoms in total. The molecule has 0 aliphatic carbocycles. The molecule has 0 aliphatic rings. The Balaban J connectivity index is 2.27. The van der Waals surface area contributed by atoms with E-state index < -0.39 is 12.0 Å². The van der Waals surface area contributed by atoms with E-state index in [1.54, 1.807) is 11.8 Å². The van der Waals surface area contributed by atoms with Gasteiger partial charge < -0.3 is 10.8 Å². The highest BCUT2D eigenvalue weighted by molar-refractivity contribution is 7.99. The molecule has 0 aromatic heterocycles. The monoisotopic (exact) mass is 343 g/mol. The predicted molar refractivity (Wildman–Crippen MR) is 101 cm³/mol. The first kappa shape index (κ1) is 18.6. The molecule has 2 aromatic carbocycles. The fourth-order valence-electron chi connectivity index (χ4n) is 2.44. The number of carboxylic acid groups (broad SMARTS) is 1. The van der Waals surface area contributed by atoms with Crippen molar-refractivity contribution in [3.8, 4) is 0 Å². The fraction of sp³-hybridized carbons (Fsp3) is 0.350. The SMILES string of the molecule is CC(C)(C)c1ccc(C(SCC(N)C(=O)O)c2ccccc2)cc1. The number of carbonyl (C=O) groups is 1. The van der Waals surface area contributed by atoms with Gasteiger partial charge >= 0.3 is 5.97 Å². The highest BCUT2D eigenvalue weighted by Gasteiger charge is 2.20. The van der Waals surface area contributed by atoms with Crippen molar-refractivity contribution in [2.45, 2.75) is 37.5 Å². The minimum atomic E-state index is -0.961. The van der Waals surface area contributed by atoms with E-state index in [9.17, 15) is 4.79 Å². The Morgan fingerprint density at radius 2 is 1.58 bits per heavy atom. The predicted octanol–water partition coefficient (Wildman–Crippen LogP) is 4.22. The maximum absolute atomic E-state index is 11.0. The molecular weight excluding hydrogens is 318 g/mol. The maximum Gasteiger partial charge on any atom is 0.321 e. The third kappa shape index (κ3) is 4.86. The Bertz CT molecular complexity index is 662. The zero-order valence-corrected chi connectivity index (χ0v) is 15.2. The van der Waals surface area contributed by atoms with Crippen LogP contribution in [0.5, 0.6) is 0 Å². The molecule has 0 saturated carbocycles. The summed E-state index contributed by atoms with van der Waals surface area (Å²) in [7, 11) is 0. The van der Waals surface area contributed by atoms with Crippen LogP contribution in [0.2, 0.25) is 0 Å². The van der Waals surface area contributed by atoms with Crippen LogP contribution < -0.4 is 5.73 Å². The van der Waals surface area contributed by atoms with Gasteiger partial charge in [0.25, 0.3) is 0 Å². The molecule has 4 heteroatoms. The minimum absolute atomic E-state index is 0.0746. The molecule has 0 aliphatic heterocycles. The van der Waals surface area contributed by atoms with E-state index in [0.29, 0.717) is 5.75 Å². The third-order valence-electron chi connectivity index (χ3n) is 3.94. The highest BCUT2D eigenvalue weighted by Crippen LogP contribution is 2.36. The molecule has 0 saturated heterocycles. The molecular formula is C20H25NO2S. The van der Waals surface area contributed by atoms with Crippen molar-refractivity contribution in [2.24, 2.45) is 5.73 Å². The fourth-order valence-corrected chi connectivity index (χ4v) is 3.68. The molecule has 0 bridgehead atoms. The number of thioether (sulfide) groups is 1. The second-order valence-corrected chi connectivity index (χ2v) is 8.08. The van der Waals surface area contributed by atoms with Crippen LogP contribution in [0, 0.1) is 0 Å². The van der Waals surface area contributed by atoms with Crippen LogP contribution >= 0.6 is 11.8 Å². The van der Waals surface area contributed by atoms with Crippen LogP contribution in [0.3, 0.4) is 0 Å². The zero-order valence-electron chi connectivity index (χ0n) is 14.4. The number of nitrogens with two attached hydrogens (primary N) is 1. The summed E-state index contributed by atoms with van der Waals surface area (Å²) < 4.78 is 0. The van der Waals surface area contributed by atoms with Crippen LogP contribution in [0.1, 0.15) is 42.7 Å². The first-order valence-corrected chi connectivity index (χ1v) is 9.09. The lowest BCUT2D eigenvalue weighted by atomic mass is 9.86. The van der Waals surface area contributed by atoms with Crippen molar-refractivity contribution in [1.82, 2.24) is 0 Å². The Hall–Kier alpha value is -1.78. The van der Waals surface area contributed by atoms with Gasteiger partial charge in [-0.25, -0.2) is 0 Å². The number of benzene rings is 2. The Morgan fingerprint density at radius 3 is 2.08 bits per heavy atom. The van der Waals surface area contributed by atoms with Gasteiger partial charge in [0, 0.05) is 5.75 Å². The molecule has 2 rings (SSSR count). The number of hydrogen-bond acceptors (Lipinski definition) is 3. The third-order valence-corrected chi connectivity index (χ3v) is 5.37. The molecule has 2 atom stereocenters. The minimum Gasteiger partial charge on any atom is -0.480 e. The summed E-state index contributed by atoms with van der Waals surface area (Å²) in [5.41, 5.74) is 9.39. The van der Waals surface area contributed by atoms with Gasteiger partial charge in [0.1, 0.15) is 6.04 Å². The number of aliphatic carboxylic acids is 1. The van der Waals surface area contributed by atoms with E-state index in [-0.39, 0.29) is 10.7 Å². The normalized spacial score (nSPS) is 14.2. The number of carboxylic acids is 1. The van der Waals surface area contributed by atoms with Gasteiger partial charge in [-0.05, 0) is 22.1 Å².